The maximum atomic E-state index is 12.9. The number of hydrogen-bond donors (Lipinski definition) is 1. The number of anilines is 1. The van der Waals surface area contributed by atoms with Crippen LogP contribution in [0, 0.1) is 6.92 Å². The average molecular weight is 490 g/mol. The maximum absolute atomic E-state index is 12.9. The Balaban J connectivity index is 1.83. The number of thioether (sulfide) groups is 1. The van der Waals surface area contributed by atoms with E-state index in [1.807, 2.05) is 49.6 Å². The van der Waals surface area contributed by atoms with Crippen LogP contribution >= 0.6 is 11.8 Å². The van der Waals surface area contributed by atoms with Crippen molar-refractivity contribution in [3.05, 3.63) is 83.4 Å². The monoisotopic (exact) mass is 489 g/mol. The summed E-state index contributed by atoms with van der Waals surface area (Å²) in [7, 11) is 0. The molecule has 0 aliphatic carbocycles. The van der Waals surface area contributed by atoms with Crippen LogP contribution in [0.15, 0.2) is 66.7 Å². The first-order chi connectivity index (χ1) is 16.2. The Kier molecular flexibility index (Phi) is 8.50. The number of aryl methyl sites for hydroxylation is 1. The molecule has 3 aromatic rings. The molecular weight excluding hydrogens is 463 g/mol. The molecule has 0 saturated heterocycles. The van der Waals surface area contributed by atoms with E-state index >= 15 is 0 Å². The molecule has 0 spiro atoms. The lowest BCUT2D eigenvalue weighted by atomic mass is 10.0. The van der Waals surface area contributed by atoms with Gasteiger partial charge in [0, 0.05) is 24.5 Å². The number of aliphatic carboxylic acids is 1. The van der Waals surface area contributed by atoms with E-state index in [0.29, 0.717) is 12.3 Å². The highest BCUT2D eigenvalue weighted by Gasteiger charge is 2.30. The van der Waals surface area contributed by atoms with Crippen LogP contribution in [0.4, 0.5) is 18.9 Å². The highest BCUT2D eigenvalue weighted by atomic mass is 32.2. The molecule has 0 radical (unpaired) electrons. The van der Waals surface area contributed by atoms with Crippen molar-refractivity contribution in [2.45, 2.75) is 19.6 Å². The van der Waals surface area contributed by atoms with Crippen LogP contribution in [0.1, 0.15) is 16.7 Å². The summed E-state index contributed by atoms with van der Waals surface area (Å²) < 4.78 is 44.0. The third-order valence-corrected chi connectivity index (χ3v) is 5.88. The fraction of sp³-hybridized carbons (Fsp3) is 0.269. The van der Waals surface area contributed by atoms with Gasteiger partial charge in [-0.25, -0.2) is 4.79 Å². The van der Waals surface area contributed by atoms with Gasteiger partial charge in [0.15, 0.2) is 6.61 Å². The Labute approximate surface area is 201 Å². The summed E-state index contributed by atoms with van der Waals surface area (Å²) in [6, 6.07) is 18.6. The van der Waals surface area contributed by atoms with E-state index in [9.17, 15) is 18.0 Å². The zero-order valence-corrected chi connectivity index (χ0v) is 19.7. The quantitative estimate of drug-likeness (QED) is 0.352. The highest BCUT2D eigenvalue weighted by Crippen LogP contribution is 2.32. The van der Waals surface area contributed by atoms with E-state index in [2.05, 4.69) is 4.90 Å². The Morgan fingerprint density at radius 2 is 1.76 bits per heavy atom. The number of benzene rings is 3. The number of ether oxygens (including phenoxy) is 1. The lowest BCUT2D eigenvalue weighted by Gasteiger charge is -2.26. The van der Waals surface area contributed by atoms with E-state index < -0.39 is 24.3 Å². The number of alkyl halides is 3. The lowest BCUT2D eigenvalue weighted by Crippen LogP contribution is -2.25. The first kappa shape index (κ1) is 25.5. The van der Waals surface area contributed by atoms with Gasteiger partial charge in [0.1, 0.15) is 5.75 Å². The van der Waals surface area contributed by atoms with Gasteiger partial charge >= 0.3 is 12.1 Å². The third kappa shape index (κ3) is 6.93. The molecule has 0 atom stereocenters. The number of nitrogens with zero attached hydrogens (tertiary/aromatic N) is 1. The van der Waals surface area contributed by atoms with E-state index in [4.69, 9.17) is 9.84 Å². The minimum atomic E-state index is -4.36. The fourth-order valence-corrected chi connectivity index (χ4v) is 3.97. The highest BCUT2D eigenvalue weighted by molar-refractivity contribution is 7.98. The van der Waals surface area contributed by atoms with Gasteiger partial charge < -0.3 is 14.7 Å². The van der Waals surface area contributed by atoms with Gasteiger partial charge in [-0.1, -0.05) is 36.4 Å². The Hall–Kier alpha value is -3.13. The van der Waals surface area contributed by atoms with Crippen molar-refractivity contribution in [2.24, 2.45) is 0 Å². The van der Waals surface area contributed by atoms with Crippen molar-refractivity contribution in [2.75, 3.05) is 30.1 Å². The normalized spacial score (nSPS) is 11.3. The molecule has 0 bridgehead atoms. The predicted octanol–water partition coefficient (Wildman–Crippen LogP) is 6.51. The smallest absolute Gasteiger partial charge is 0.416 e. The zero-order chi connectivity index (χ0) is 24.7. The van der Waals surface area contributed by atoms with E-state index in [0.717, 1.165) is 52.4 Å². The van der Waals surface area contributed by atoms with Gasteiger partial charge in [-0.3, -0.25) is 0 Å². The molecule has 0 amide bonds. The van der Waals surface area contributed by atoms with Crippen LogP contribution in [0.2, 0.25) is 0 Å². The number of halogens is 3. The van der Waals surface area contributed by atoms with Gasteiger partial charge in [0.25, 0.3) is 0 Å². The summed E-state index contributed by atoms with van der Waals surface area (Å²) in [6.07, 6.45) is -2.32. The van der Waals surface area contributed by atoms with Gasteiger partial charge in [0.2, 0.25) is 0 Å². The first-order valence-corrected chi connectivity index (χ1v) is 12.0. The lowest BCUT2D eigenvalue weighted by molar-refractivity contribution is -0.139. The van der Waals surface area contributed by atoms with Gasteiger partial charge in [-0.05, 0) is 65.8 Å². The molecule has 0 heterocycles. The molecular formula is C26H26F3NO3S. The van der Waals surface area contributed by atoms with Gasteiger partial charge in [-0.2, -0.15) is 24.9 Å². The summed E-state index contributed by atoms with van der Waals surface area (Å²) in [5.41, 5.74) is 3.75. The summed E-state index contributed by atoms with van der Waals surface area (Å²) in [4.78, 5) is 13.0. The van der Waals surface area contributed by atoms with Crippen LogP contribution in [0.5, 0.6) is 5.75 Å². The summed E-state index contributed by atoms with van der Waals surface area (Å²) >= 11 is 1.73. The van der Waals surface area contributed by atoms with Crippen molar-refractivity contribution in [1.82, 2.24) is 0 Å². The first-order valence-electron chi connectivity index (χ1n) is 10.6. The molecule has 0 aliphatic heterocycles. The SMILES string of the molecule is CSCCN(Cc1ccc(OCC(=O)O)c(C)c1)c1cccc(-c2ccc(C(F)(F)F)cc2)c1. The van der Waals surface area contributed by atoms with Gasteiger partial charge in [-0.15, -0.1) is 0 Å². The minimum Gasteiger partial charge on any atom is -0.482 e. The summed E-state index contributed by atoms with van der Waals surface area (Å²) in [6.45, 7) is 2.89. The van der Waals surface area contributed by atoms with Crippen LogP contribution in [0.25, 0.3) is 11.1 Å². The minimum absolute atomic E-state index is 0.392. The topological polar surface area (TPSA) is 49.8 Å². The van der Waals surface area contributed by atoms with Crippen LogP contribution < -0.4 is 9.64 Å². The standard InChI is InChI=1S/C26H26F3NO3S/c1-18-14-19(6-11-24(18)33-17-25(31)32)16-30(12-13-34-2)23-5-3-4-21(15-23)20-7-9-22(10-8-20)26(27,28)29/h3-11,14-15H,12-13,16-17H2,1-2H3,(H,31,32). The molecule has 1 N–H and O–H groups in total. The van der Waals surface area contributed by atoms with E-state index in [1.54, 1.807) is 17.8 Å². The van der Waals surface area contributed by atoms with Crippen molar-refractivity contribution < 1.29 is 27.8 Å². The van der Waals surface area contributed by atoms with E-state index in [-0.39, 0.29) is 0 Å². The van der Waals surface area contributed by atoms with Gasteiger partial charge in [0.05, 0.1) is 5.56 Å². The summed E-state index contributed by atoms with van der Waals surface area (Å²) in [5, 5.41) is 8.82. The molecule has 3 aromatic carbocycles. The maximum Gasteiger partial charge on any atom is 0.416 e. The van der Waals surface area contributed by atoms with Crippen LogP contribution in [0.3, 0.4) is 0 Å². The molecule has 0 fully saturated rings. The number of rotatable bonds is 10. The molecule has 3 rings (SSSR count). The molecule has 4 nitrogen and oxygen atoms in total. The molecule has 34 heavy (non-hydrogen) atoms. The molecule has 0 aromatic heterocycles. The second-order valence-electron chi connectivity index (χ2n) is 7.82. The number of hydrogen-bond acceptors (Lipinski definition) is 4. The number of carboxylic acids is 1. The average Bonchev–Trinajstić information content (AvgIpc) is 2.80. The molecule has 0 unspecified atom stereocenters. The molecule has 180 valence electrons. The van der Waals surface area contributed by atoms with Crippen molar-refractivity contribution >= 4 is 23.4 Å². The Morgan fingerprint density at radius 1 is 1.03 bits per heavy atom. The van der Waals surface area contributed by atoms with Crippen molar-refractivity contribution in [1.29, 1.82) is 0 Å². The molecule has 8 heteroatoms. The second-order valence-corrected chi connectivity index (χ2v) is 8.81. The van der Waals surface area contributed by atoms with E-state index in [1.165, 1.54) is 12.1 Å². The number of carboxylic acid groups (broad SMARTS) is 1. The summed E-state index contributed by atoms with van der Waals surface area (Å²) in [5.74, 6) is 0.411. The molecule has 0 saturated carbocycles. The third-order valence-electron chi connectivity index (χ3n) is 5.29. The van der Waals surface area contributed by atoms with Crippen LogP contribution in [-0.2, 0) is 17.5 Å². The number of carbonyl (C=O) groups is 1. The predicted molar refractivity (Wildman–Crippen MR) is 131 cm³/mol. The second kappa shape index (κ2) is 11.3. The Bertz CT molecular complexity index is 1120. The van der Waals surface area contributed by atoms with Crippen molar-refractivity contribution in [3.8, 4) is 16.9 Å². The Morgan fingerprint density at radius 3 is 2.38 bits per heavy atom. The van der Waals surface area contributed by atoms with Crippen LogP contribution in [-0.4, -0.2) is 36.2 Å². The fourth-order valence-electron chi connectivity index (χ4n) is 3.57. The largest absolute Gasteiger partial charge is 0.482 e. The zero-order valence-electron chi connectivity index (χ0n) is 18.9. The van der Waals surface area contributed by atoms with Crippen molar-refractivity contribution in [3.63, 3.8) is 0 Å². The molecule has 0 aliphatic rings.